The zero-order valence-corrected chi connectivity index (χ0v) is 12.4. The molecule has 0 amide bonds. The van der Waals surface area contributed by atoms with Gasteiger partial charge in [0.25, 0.3) is 0 Å². The third kappa shape index (κ3) is 4.11. The lowest BCUT2D eigenvalue weighted by Crippen LogP contribution is -2.32. The highest BCUT2D eigenvalue weighted by molar-refractivity contribution is 5.73. The van der Waals surface area contributed by atoms with Crippen LogP contribution < -0.4 is 10.6 Å². The molecule has 3 rings (SSSR count). The Kier molecular flexibility index (Phi) is 4.94. The van der Waals surface area contributed by atoms with E-state index in [2.05, 4.69) is 25.8 Å². The second-order valence-corrected chi connectivity index (χ2v) is 5.69. The van der Waals surface area contributed by atoms with Gasteiger partial charge in [0.05, 0.1) is 5.52 Å². The molecule has 0 aliphatic heterocycles. The minimum atomic E-state index is 0.608. The predicted octanol–water partition coefficient (Wildman–Crippen LogP) is 2.75. The molecule has 21 heavy (non-hydrogen) atoms. The van der Waals surface area contributed by atoms with Gasteiger partial charge < -0.3 is 10.6 Å². The van der Waals surface area contributed by atoms with Gasteiger partial charge in [-0.3, -0.25) is 0 Å². The molecule has 1 saturated carbocycles. The monoisotopic (exact) mass is 285 g/mol. The van der Waals surface area contributed by atoms with Crippen molar-refractivity contribution in [3.05, 3.63) is 24.3 Å². The first-order valence-corrected chi connectivity index (χ1v) is 7.98. The number of hydrogen-bond acceptors (Lipinski definition) is 5. The highest BCUT2D eigenvalue weighted by Gasteiger charge is 2.10. The van der Waals surface area contributed by atoms with Gasteiger partial charge in [0, 0.05) is 19.1 Å². The Bertz CT molecular complexity index is 563. The van der Waals surface area contributed by atoms with Gasteiger partial charge in [0.15, 0.2) is 0 Å². The van der Waals surface area contributed by atoms with Crippen LogP contribution >= 0.6 is 0 Å². The van der Waals surface area contributed by atoms with E-state index in [1.54, 1.807) is 0 Å². The molecular formula is C16H23N5. The molecule has 1 aliphatic carbocycles. The minimum Gasteiger partial charge on any atom is -0.352 e. The van der Waals surface area contributed by atoms with Gasteiger partial charge >= 0.3 is 0 Å². The summed E-state index contributed by atoms with van der Waals surface area (Å²) < 4.78 is 0. The zero-order chi connectivity index (χ0) is 14.3. The van der Waals surface area contributed by atoms with Crippen LogP contribution in [0.2, 0.25) is 0 Å². The summed E-state index contributed by atoms with van der Waals surface area (Å²) in [6, 6.07) is 8.48. The SMILES string of the molecule is c1ccc2nc(NCCNC3CCCCCC3)nnc2c1. The van der Waals surface area contributed by atoms with Gasteiger partial charge in [0.1, 0.15) is 5.52 Å². The van der Waals surface area contributed by atoms with Crippen molar-refractivity contribution in [1.29, 1.82) is 0 Å². The largest absolute Gasteiger partial charge is 0.352 e. The molecule has 1 fully saturated rings. The van der Waals surface area contributed by atoms with Crippen molar-refractivity contribution in [1.82, 2.24) is 20.5 Å². The van der Waals surface area contributed by atoms with Crippen molar-refractivity contribution < 1.29 is 0 Å². The van der Waals surface area contributed by atoms with E-state index in [0.717, 1.165) is 24.1 Å². The third-order valence-electron chi connectivity index (χ3n) is 4.06. The molecule has 0 unspecified atom stereocenters. The number of fused-ring (bicyclic) bond motifs is 1. The van der Waals surface area contributed by atoms with Crippen LogP contribution in [0.15, 0.2) is 24.3 Å². The van der Waals surface area contributed by atoms with Crippen LogP contribution in [-0.4, -0.2) is 34.3 Å². The molecule has 1 aliphatic rings. The van der Waals surface area contributed by atoms with Crippen LogP contribution in [0.5, 0.6) is 0 Å². The van der Waals surface area contributed by atoms with Crippen molar-refractivity contribution in [3.8, 4) is 0 Å². The first-order chi connectivity index (χ1) is 10.4. The lowest BCUT2D eigenvalue weighted by atomic mass is 10.1. The Hall–Kier alpha value is -1.75. The summed E-state index contributed by atoms with van der Waals surface area (Å²) in [4.78, 5) is 4.46. The normalized spacial score (nSPS) is 16.8. The third-order valence-corrected chi connectivity index (χ3v) is 4.06. The molecule has 0 saturated heterocycles. The maximum atomic E-state index is 4.46. The lowest BCUT2D eigenvalue weighted by Gasteiger charge is -2.16. The molecule has 5 nitrogen and oxygen atoms in total. The van der Waals surface area contributed by atoms with E-state index >= 15 is 0 Å². The van der Waals surface area contributed by atoms with Crippen LogP contribution in [0.4, 0.5) is 5.95 Å². The number of nitrogens with one attached hydrogen (secondary N) is 2. The van der Waals surface area contributed by atoms with Gasteiger partial charge in [-0.05, 0) is 25.0 Å². The Morgan fingerprint density at radius 2 is 1.67 bits per heavy atom. The summed E-state index contributed by atoms with van der Waals surface area (Å²) in [7, 11) is 0. The van der Waals surface area contributed by atoms with Crippen LogP contribution in [0.1, 0.15) is 38.5 Å². The molecule has 0 spiro atoms. The average molecular weight is 285 g/mol. The van der Waals surface area contributed by atoms with Crippen LogP contribution in [0.25, 0.3) is 11.0 Å². The fraction of sp³-hybridized carbons (Fsp3) is 0.562. The second-order valence-electron chi connectivity index (χ2n) is 5.69. The highest BCUT2D eigenvalue weighted by Crippen LogP contribution is 2.16. The Labute approximate surface area is 125 Å². The topological polar surface area (TPSA) is 62.7 Å². The first-order valence-electron chi connectivity index (χ1n) is 7.98. The van der Waals surface area contributed by atoms with E-state index in [1.807, 2.05) is 24.3 Å². The Balaban J connectivity index is 1.45. The maximum absolute atomic E-state index is 4.46. The van der Waals surface area contributed by atoms with Crippen LogP contribution in [0.3, 0.4) is 0 Å². The van der Waals surface area contributed by atoms with Gasteiger partial charge in [-0.25, -0.2) is 4.98 Å². The van der Waals surface area contributed by atoms with E-state index < -0.39 is 0 Å². The van der Waals surface area contributed by atoms with Gasteiger partial charge in [0.2, 0.25) is 5.95 Å². The maximum Gasteiger partial charge on any atom is 0.243 e. The van der Waals surface area contributed by atoms with Crippen molar-refractivity contribution in [2.45, 2.75) is 44.6 Å². The second kappa shape index (κ2) is 7.31. The highest BCUT2D eigenvalue weighted by atomic mass is 15.2. The van der Waals surface area contributed by atoms with Crippen molar-refractivity contribution >= 4 is 17.0 Å². The number of nitrogens with zero attached hydrogens (tertiary/aromatic N) is 3. The van der Waals surface area contributed by atoms with E-state index in [-0.39, 0.29) is 0 Å². The smallest absolute Gasteiger partial charge is 0.243 e. The van der Waals surface area contributed by atoms with Crippen molar-refractivity contribution in [2.75, 3.05) is 18.4 Å². The minimum absolute atomic E-state index is 0.608. The van der Waals surface area contributed by atoms with E-state index in [0.29, 0.717) is 12.0 Å². The average Bonchev–Trinajstić information content (AvgIpc) is 2.80. The van der Waals surface area contributed by atoms with E-state index in [9.17, 15) is 0 Å². The molecule has 1 aromatic carbocycles. The first kappa shape index (κ1) is 14.2. The molecule has 0 atom stereocenters. The number of aromatic nitrogens is 3. The summed E-state index contributed by atoms with van der Waals surface area (Å²) in [5, 5.41) is 15.1. The van der Waals surface area contributed by atoms with Crippen LogP contribution in [0, 0.1) is 0 Å². The fourth-order valence-corrected chi connectivity index (χ4v) is 2.89. The number of para-hydroxylation sites is 1. The number of rotatable bonds is 5. The molecule has 5 heteroatoms. The van der Waals surface area contributed by atoms with Gasteiger partial charge in [-0.2, -0.15) is 0 Å². The van der Waals surface area contributed by atoms with Crippen molar-refractivity contribution in [2.24, 2.45) is 0 Å². The molecule has 2 N–H and O–H groups in total. The summed E-state index contributed by atoms with van der Waals surface area (Å²) in [6.07, 6.45) is 8.15. The molecule has 0 bridgehead atoms. The van der Waals surface area contributed by atoms with Crippen molar-refractivity contribution in [3.63, 3.8) is 0 Å². The molecule has 112 valence electrons. The zero-order valence-electron chi connectivity index (χ0n) is 12.4. The summed E-state index contributed by atoms with van der Waals surface area (Å²) in [5.74, 6) is 0.608. The van der Waals surface area contributed by atoms with Gasteiger partial charge in [-0.1, -0.05) is 37.8 Å². The van der Waals surface area contributed by atoms with Crippen LogP contribution in [-0.2, 0) is 0 Å². The molecule has 0 radical (unpaired) electrons. The lowest BCUT2D eigenvalue weighted by molar-refractivity contribution is 0.468. The molecule has 2 aromatic rings. The predicted molar refractivity (Wildman–Crippen MR) is 85.3 cm³/mol. The Morgan fingerprint density at radius 1 is 0.905 bits per heavy atom. The summed E-state index contributed by atoms with van der Waals surface area (Å²) in [6.45, 7) is 1.78. The number of benzene rings is 1. The molecule has 1 aromatic heterocycles. The number of hydrogen-bond donors (Lipinski definition) is 2. The quantitative estimate of drug-likeness (QED) is 0.653. The summed E-state index contributed by atoms with van der Waals surface area (Å²) in [5.41, 5.74) is 1.71. The van der Waals surface area contributed by atoms with E-state index in [4.69, 9.17) is 0 Å². The molecule has 1 heterocycles. The molecular weight excluding hydrogens is 262 g/mol. The fourth-order valence-electron chi connectivity index (χ4n) is 2.89. The standard InChI is InChI=1S/C16H23N5/c1-2-4-8-13(7-3-1)17-11-12-18-16-19-14-9-5-6-10-15(14)20-21-16/h5-6,9-10,13,17H,1-4,7-8,11-12H2,(H,18,19,21). The van der Waals surface area contributed by atoms with E-state index in [1.165, 1.54) is 38.5 Å². The summed E-state index contributed by atoms with van der Waals surface area (Å²) >= 11 is 0. The van der Waals surface area contributed by atoms with Gasteiger partial charge in [-0.15, -0.1) is 10.2 Å². The number of anilines is 1. The Morgan fingerprint density at radius 3 is 2.48 bits per heavy atom.